The largest absolute Gasteiger partial charge is 0.461 e. The van der Waals surface area contributed by atoms with Crippen molar-refractivity contribution in [2.45, 2.75) is 39.2 Å². The maximum Gasteiger partial charge on any atom is 0.310 e. The van der Waals surface area contributed by atoms with Crippen molar-refractivity contribution in [1.82, 2.24) is 4.98 Å². The Morgan fingerprint density at radius 3 is 2.46 bits per heavy atom. The molecule has 0 fully saturated rings. The quantitative estimate of drug-likeness (QED) is 0.705. The third-order valence-electron chi connectivity index (χ3n) is 4.23. The van der Waals surface area contributed by atoms with Crippen molar-refractivity contribution >= 4 is 16.9 Å². The highest BCUT2D eigenvalue weighted by atomic mass is 16.5. The summed E-state index contributed by atoms with van der Waals surface area (Å²) in [7, 11) is 0. The minimum absolute atomic E-state index is 0.130. The van der Waals surface area contributed by atoms with Gasteiger partial charge in [-0.05, 0) is 28.2 Å². The summed E-state index contributed by atoms with van der Waals surface area (Å²) in [5.74, 6) is -0.209. The van der Waals surface area contributed by atoms with Gasteiger partial charge < -0.3 is 9.72 Å². The molecule has 2 aromatic carbocycles. The van der Waals surface area contributed by atoms with E-state index in [0.29, 0.717) is 6.61 Å². The van der Waals surface area contributed by atoms with Crippen molar-refractivity contribution < 1.29 is 9.53 Å². The van der Waals surface area contributed by atoms with Crippen molar-refractivity contribution in [1.29, 1.82) is 0 Å². The highest BCUT2D eigenvalue weighted by Crippen LogP contribution is 2.22. The molecule has 0 saturated heterocycles. The van der Waals surface area contributed by atoms with E-state index in [1.807, 2.05) is 42.6 Å². The lowest BCUT2D eigenvalue weighted by Crippen LogP contribution is -2.11. The van der Waals surface area contributed by atoms with Crippen LogP contribution in [0.1, 0.15) is 37.5 Å². The number of carbonyl (C=O) groups is 1. The van der Waals surface area contributed by atoms with Crippen LogP contribution in [-0.4, -0.2) is 11.0 Å². The van der Waals surface area contributed by atoms with Crippen molar-refractivity contribution in [2.75, 3.05) is 0 Å². The van der Waals surface area contributed by atoms with E-state index in [4.69, 9.17) is 4.74 Å². The molecule has 1 heterocycles. The second-order valence-electron chi connectivity index (χ2n) is 7.14. The molecule has 3 rings (SSSR count). The Balaban J connectivity index is 1.59. The molecule has 0 aliphatic rings. The van der Waals surface area contributed by atoms with Gasteiger partial charge in [-0.25, -0.2) is 0 Å². The van der Waals surface area contributed by atoms with E-state index in [2.05, 4.69) is 37.9 Å². The number of ether oxygens (including phenoxy) is 1. The molecular formula is C21H23NO2. The van der Waals surface area contributed by atoms with E-state index >= 15 is 0 Å². The Hall–Kier alpha value is -2.55. The first-order chi connectivity index (χ1) is 11.4. The van der Waals surface area contributed by atoms with Crippen LogP contribution >= 0.6 is 0 Å². The zero-order valence-corrected chi connectivity index (χ0v) is 14.4. The summed E-state index contributed by atoms with van der Waals surface area (Å²) in [6.07, 6.45) is 2.16. The summed E-state index contributed by atoms with van der Waals surface area (Å²) in [6.45, 7) is 6.86. The molecule has 3 aromatic rings. The maximum absolute atomic E-state index is 12.1. The van der Waals surface area contributed by atoms with Crippen LogP contribution in [0.25, 0.3) is 10.9 Å². The topological polar surface area (TPSA) is 42.1 Å². The van der Waals surface area contributed by atoms with Crippen LogP contribution in [0.3, 0.4) is 0 Å². The standard InChI is InChI=1S/C21H23NO2/c1-21(2,3)17-10-8-15(9-11-17)14-24-20(23)12-16-13-22-19-7-5-4-6-18(16)19/h4-11,13,22H,12,14H2,1-3H3. The molecular weight excluding hydrogens is 298 g/mol. The molecule has 0 aliphatic heterocycles. The van der Waals surface area contributed by atoms with Crippen LogP contribution in [0, 0.1) is 0 Å². The molecule has 1 aromatic heterocycles. The molecule has 0 saturated carbocycles. The Kier molecular flexibility index (Phi) is 4.43. The lowest BCUT2D eigenvalue weighted by Gasteiger charge is -2.19. The number of esters is 1. The van der Waals surface area contributed by atoms with Gasteiger partial charge in [0.2, 0.25) is 0 Å². The fourth-order valence-corrected chi connectivity index (χ4v) is 2.75. The number of fused-ring (bicyclic) bond motifs is 1. The normalized spacial score (nSPS) is 11.6. The number of nitrogens with one attached hydrogen (secondary N) is 1. The number of carbonyl (C=O) groups excluding carboxylic acids is 1. The first-order valence-corrected chi connectivity index (χ1v) is 8.23. The van der Waals surface area contributed by atoms with E-state index < -0.39 is 0 Å². The molecule has 0 unspecified atom stereocenters. The van der Waals surface area contributed by atoms with Crippen molar-refractivity contribution in [2.24, 2.45) is 0 Å². The maximum atomic E-state index is 12.1. The number of aromatic nitrogens is 1. The van der Waals surface area contributed by atoms with Gasteiger partial charge in [-0.15, -0.1) is 0 Å². The highest BCUT2D eigenvalue weighted by Gasteiger charge is 2.13. The Morgan fingerprint density at radius 2 is 1.75 bits per heavy atom. The average Bonchev–Trinajstić information content (AvgIpc) is 2.96. The first kappa shape index (κ1) is 16.3. The molecule has 0 amide bonds. The van der Waals surface area contributed by atoms with Crippen LogP contribution in [-0.2, 0) is 28.0 Å². The van der Waals surface area contributed by atoms with Crippen molar-refractivity contribution in [3.63, 3.8) is 0 Å². The monoisotopic (exact) mass is 321 g/mol. The fourth-order valence-electron chi connectivity index (χ4n) is 2.75. The van der Waals surface area contributed by atoms with E-state index in [1.165, 1.54) is 5.56 Å². The van der Waals surface area contributed by atoms with E-state index in [0.717, 1.165) is 22.0 Å². The molecule has 0 spiro atoms. The summed E-state index contributed by atoms with van der Waals surface area (Å²) in [5, 5.41) is 1.07. The lowest BCUT2D eigenvalue weighted by atomic mass is 9.87. The van der Waals surface area contributed by atoms with Crippen LogP contribution in [0.5, 0.6) is 0 Å². The molecule has 0 bridgehead atoms. The number of rotatable bonds is 4. The van der Waals surface area contributed by atoms with Crippen LogP contribution < -0.4 is 0 Å². The average molecular weight is 321 g/mol. The number of aromatic amines is 1. The van der Waals surface area contributed by atoms with Gasteiger partial charge >= 0.3 is 5.97 Å². The second kappa shape index (κ2) is 6.52. The van der Waals surface area contributed by atoms with Gasteiger partial charge in [0.15, 0.2) is 0 Å². The Bertz CT molecular complexity index is 838. The van der Waals surface area contributed by atoms with E-state index in [9.17, 15) is 4.79 Å². The van der Waals surface area contributed by atoms with Crippen molar-refractivity contribution in [3.05, 3.63) is 71.4 Å². The zero-order valence-electron chi connectivity index (χ0n) is 14.4. The molecule has 1 N–H and O–H groups in total. The van der Waals surface area contributed by atoms with E-state index in [1.54, 1.807) is 0 Å². The molecule has 0 atom stereocenters. The van der Waals surface area contributed by atoms with Gasteiger partial charge in [-0.3, -0.25) is 4.79 Å². The third kappa shape index (κ3) is 3.67. The summed E-state index contributed by atoms with van der Waals surface area (Å²) in [4.78, 5) is 15.3. The van der Waals surface area contributed by atoms with Gasteiger partial charge in [0.1, 0.15) is 6.61 Å². The lowest BCUT2D eigenvalue weighted by molar-refractivity contribution is -0.144. The fraction of sp³-hybridized carbons (Fsp3) is 0.286. The molecule has 24 heavy (non-hydrogen) atoms. The van der Waals surface area contributed by atoms with Gasteiger partial charge in [0.05, 0.1) is 6.42 Å². The molecule has 0 radical (unpaired) electrons. The summed E-state index contributed by atoms with van der Waals surface area (Å²) < 4.78 is 5.42. The summed E-state index contributed by atoms with van der Waals surface area (Å²) >= 11 is 0. The predicted octanol–water partition coefficient (Wildman–Crippen LogP) is 4.75. The molecule has 3 heteroatoms. The van der Waals surface area contributed by atoms with Crippen LogP contribution in [0.4, 0.5) is 0 Å². The second-order valence-corrected chi connectivity index (χ2v) is 7.14. The smallest absolute Gasteiger partial charge is 0.310 e. The molecule has 3 nitrogen and oxygen atoms in total. The predicted molar refractivity (Wildman–Crippen MR) is 96.9 cm³/mol. The van der Waals surface area contributed by atoms with Gasteiger partial charge in [0, 0.05) is 17.1 Å². The SMILES string of the molecule is CC(C)(C)c1ccc(COC(=O)Cc2c[nH]c3ccccc23)cc1. The summed E-state index contributed by atoms with van der Waals surface area (Å²) in [6, 6.07) is 16.2. The number of H-pyrrole nitrogens is 1. The number of para-hydroxylation sites is 1. The van der Waals surface area contributed by atoms with E-state index in [-0.39, 0.29) is 17.8 Å². The number of hydrogen-bond acceptors (Lipinski definition) is 2. The molecule has 124 valence electrons. The van der Waals surface area contributed by atoms with Crippen LogP contribution in [0.2, 0.25) is 0 Å². The summed E-state index contributed by atoms with van der Waals surface area (Å²) in [5.41, 5.74) is 4.42. The number of benzene rings is 2. The Morgan fingerprint density at radius 1 is 1.04 bits per heavy atom. The minimum Gasteiger partial charge on any atom is -0.461 e. The molecule has 0 aliphatic carbocycles. The van der Waals surface area contributed by atoms with Gasteiger partial charge in [-0.2, -0.15) is 0 Å². The van der Waals surface area contributed by atoms with Crippen LogP contribution in [0.15, 0.2) is 54.7 Å². The van der Waals surface area contributed by atoms with Gasteiger partial charge in [-0.1, -0.05) is 63.2 Å². The number of hydrogen-bond donors (Lipinski definition) is 1. The Labute approximate surface area is 142 Å². The highest BCUT2D eigenvalue weighted by molar-refractivity contribution is 5.87. The van der Waals surface area contributed by atoms with Gasteiger partial charge in [0.25, 0.3) is 0 Å². The zero-order chi connectivity index (χ0) is 17.2. The third-order valence-corrected chi connectivity index (χ3v) is 4.23. The van der Waals surface area contributed by atoms with Crippen molar-refractivity contribution in [3.8, 4) is 0 Å². The first-order valence-electron chi connectivity index (χ1n) is 8.23. The minimum atomic E-state index is -0.209.